The molecule has 1 aromatic carbocycles. The van der Waals surface area contributed by atoms with Crippen LogP contribution in [0, 0.1) is 5.41 Å². The number of hydrogen-bond acceptors (Lipinski definition) is 4. The number of carbonyl (C=O) groups excluding carboxylic acids is 4. The summed E-state index contributed by atoms with van der Waals surface area (Å²) < 4.78 is 0. The smallest absolute Gasteiger partial charge is 0.322 e. The first-order chi connectivity index (χ1) is 13.9. The minimum atomic E-state index is -0.778. The van der Waals surface area contributed by atoms with Crippen molar-refractivity contribution in [2.45, 2.75) is 44.7 Å². The second-order valence-corrected chi connectivity index (χ2v) is 8.34. The summed E-state index contributed by atoms with van der Waals surface area (Å²) >= 11 is 0. The van der Waals surface area contributed by atoms with Gasteiger partial charge in [0.25, 0.3) is 5.91 Å². The molecule has 1 atom stereocenters. The maximum Gasteiger partial charge on any atom is 0.322 e. The van der Waals surface area contributed by atoms with E-state index in [0.29, 0.717) is 26.1 Å². The van der Waals surface area contributed by atoms with E-state index in [4.69, 9.17) is 0 Å². The van der Waals surface area contributed by atoms with Gasteiger partial charge in [-0.25, -0.2) is 4.79 Å². The van der Waals surface area contributed by atoms with Gasteiger partial charge in [0.15, 0.2) is 0 Å². The topological polar surface area (TPSA) is 98.8 Å². The van der Waals surface area contributed by atoms with Gasteiger partial charge in [0.1, 0.15) is 6.04 Å². The number of urea groups is 1. The van der Waals surface area contributed by atoms with Crippen molar-refractivity contribution in [3.63, 3.8) is 0 Å². The van der Waals surface area contributed by atoms with E-state index >= 15 is 0 Å². The van der Waals surface area contributed by atoms with E-state index in [1.54, 1.807) is 4.90 Å². The van der Waals surface area contributed by atoms with Crippen LogP contribution < -0.4 is 10.6 Å². The lowest BCUT2D eigenvalue weighted by molar-refractivity contribution is -0.143. The molecule has 4 rings (SSSR count). The molecular weight excluding hydrogens is 372 g/mol. The number of hydrogen-bond donors (Lipinski definition) is 2. The molecule has 154 valence electrons. The minimum Gasteiger partial charge on any atom is -0.343 e. The Morgan fingerprint density at radius 1 is 1.07 bits per heavy atom. The fourth-order valence-electron chi connectivity index (χ4n) is 4.60. The van der Waals surface area contributed by atoms with Crippen molar-refractivity contribution in [2.24, 2.45) is 5.41 Å². The van der Waals surface area contributed by atoms with Crippen LogP contribution in [0.5, 0.6) is 0 Å². The molecular formula is C21H26N4O4. The predicted octanol–water partition coefficient (Wildman–Crippen LogP) is 1.02. The van der Waals surface area contributed by atoms with Crippen LogP contribution >= 0.6 is 0 Å². The number of nitrogens with zero attached hydrogens (tertiary/aromatic N) is 2. The van der Waals surface area contributed by atoms with Crippen LogP contribution in [-0.2, 0) is 20.9 Å². The molecule has 3 aliphatic rings. The SMILES string of the molecule is O=C1NC(=O)C(CC(=O)N2CCC3(CCC(=O)N(Cc4ccccc4)C3)CC2)N1. The summed E-state index contributed by atoms with van der Waals surface area (Å²) in [4.78, 5) is 51.6. The highest BCUT2D eigenvalue weighted by molar-refractivity contribution is 6.05. The lowest BCUT2D eigenvalue weighted by Gasteiger charge is -2.47. The quantitative estimate of drug-likeness (QED) is 0.740. The first-order valence-electron chi connectivity index (χ1n) is 10.1. The van der Waals surface area contributed by atoms with Crippen LogP contribution in [0.4, 0.5) is 4.79 Å². The maximum atomic E-state index is 12.6. The zero-order valence-electron chi connectivity index (χ0n) is 16.4. The fraction of sp³-hybridized carbons (Fsp3) is 0.524. The third-order valence-corrected chi connectivity index (χ3v) is 6.38. The Labute approximate surface area is 169 Å². The molecule has 0 aliphatic carbocycles. The molecule has 3 fully saturated rings. The van der Waals surface area contributed by atoms with Crippen LogP contribution in [0.15, 0.2) is 30.3 Å². The van der Waals surface area contributed by atoms with Crippen molar-refractivity contribution < 1.29 is 19.2 Å². The average Bonchev–Trinajstić information content (AvgIpc) is 3.03. The van der Waals surface area contributed by atoms with Crippen molar-refractivity contribution in [2.75, 3.05) is 19.6 Å². The molecule has 1 aromatic rings. The Balaban J connectivity index is 1.33. The Hall–Kier alpha value is -2.90. The number of imide groups is 1. The Morgan fingerprint density at radius 2 is 1.79 bits per heavy atom. The number of likely N-dealkylation sites (tertiary alicyclic amines) is 2. The summed E-state index contributed by atoms with van der Waals surface area (Å²) in [5, 5.41) is 4.63. The number of carbonyl (C=O) groups is 4. The summed E-state index contributed by atoms with van der Waals surface area (Å²) in [6, 6.07) is 8.68. The molecule has 5 amide bonds. The van der Waals surface area contributed by atoms with Crippen LogP contribution in [-0.4, -0.2) is 59.2 Å². The largest absolute Gasteiger partial charge is 0.343 e. The van der Waals surface area contributed by atoms with Crippen molar-refractivity contribution in [3.8, 4) is 0 Å². The van der Waals surface area contributed by atoms with E-state index in [1.807, 2.05) is 35.2 Å². The molecule has 0 radical (unpaired) electrons. The molecule has 3 saturated heterocycles. The van der Waals surface area contributed by atoms with Gasteiger partial charge in [0.2, 0.25) is 11.8 Å². The van der Waals surface area contributed by atoms with Gasteiger partial charge in [-0.1, -0.05) is 30.3 Å². The molecule has 1 spiro atoms. The van der Waals surface area contributed by atoms with Gasteiger partial charge in [-0.05, 0) is 30.2 Å². The molecule has 3 heterocycles. The molecule has 1 unspecified atom stereocenters. The van der Waals surface area contributed by atoms with Crippen molar-refractivity contribution in [1.82, 2.24) is 20.4 Å². The molecule has 2 N–H and O–H groups in total. The second kappa shape index (κ2) is 7.85. The molecule has 29 heavy (non-hydrogen) atoms. The zero-order chi connectivity index (χ0) is 20.4. The first kappa shape index (κ1) is 19.4. The number of benzene rings is 1. The number of rotatable bonds is 4. The number of nitrogens with one attached hydrogen (secondary N) is 2. The zero-order valence-corrected chi connectivity index (χ0v) is 16.4. The summed E-state index contributed by atoms with van der Waals surface area (Å²) in [5.74, 6) is -0.365. The number of piperidine rings is 2. The van der Waals surface area contributed by atoms with E-state index in [-0.39, 0.29) is 23.7 Å². The van der Waals surface area contributed by atoms with E-state index in [2.05, 4.69) is 10.6 Å². The maximum absolute atomic E-state index is 12.6. The predicted molar refractivity (Wildman–Crippen MR) is 104 cm³/mol. The van der Waals surface area contributed by atoms with E-state index in [9.17, 15) is 19.2 Å². The van der Waals surface area contributed by atoms with Gasteiger partial charge in [0, 0.05) is 32.6 Å². The standard InChI is InChI=1S/C21H26N4O4/c26-17-6-7-21(14-25(17)13-15-4-2-1-3-5-15)8-10-24(11-9-21)18(27)12-16-19(28)23-20(29)22-16/h1-5,16H,6-14H2,(H2,22,23,28,29). The Morgan fingerprint density at radius 3 is 2.45 bits per heavy atom. The van der Waals surface area contributed by atoms with Crippen LogP contribution in [0.2, 0.25) is 0 Å². The summed E-state index contributed by atoms with van der Waals surface area (Å²) in [6.07, 6.45) is 3.10. The van der Waals surface area contributed by atoms with Gasteiger partial charge in [-0.15, -0.1) is 0 Å². The van der Waals surface area contributed by atoms with Gasteiger partial charge < -0.3 is 15.1 Å². The third kappa shape index (κ3) is 4.26. The average molecular weight is 398 g/mol. The normalized spacial score (nSPS) is 23.9. The van der Waals surface area contributed by atoms with Crippen molar-refractivity contribution in [3.05, 3.63) is 35.9 Å². The van der Waals surface area contributed by atoms with E-state index < -0.39 is 18.0 Å². The van der Waals surface area contributed by atoms with Crippen LogP contribution in [0.3, 0.4) is 0 Å². The van der Waals surface area contributed by atoms with E-state index in [1.165, 1.54) is 0 Å². The highest BCUT2D eigenvalue weighted by atomic mass is 16.2. The molecule has 8 nitrogen and oxygen atoms in total. The third-order valence-electron chi connectivity index (χ3n) is 6.38. The lowest BCUT2D eigenvalue weighted by Crippen LogP contribution is -2.52. The first-order valence-corrected chi connectivity index (χ1v) is 10.1. The van der Waals surface area contributed by atoms with Gasteiger partial charge in [0.05, 0.1) is 6.42 Å². The summed E-state index contributed by atoms with van der Waals surface area (Å²) in [6.45, 7) is 2.59. The highest BCUT2D eigenvalue weighted by Gasteiger charge is 2.42. The molecule has 0 saturated carbocycles. The lowest BCUT2D eigenvalue weighted by atomic mass is 9.72. The van der Waals surface area contributed by atoms with Crippen LogP contribution in [0.25, 0.3) is 0 Å². The second-order valence-electron chi connectivity index (χ2n) is 8.34. The van der Waals surface area contributed by atoms with Gasteiger partial charge in [-0.3, -0.25) is 19.7 Å². The monoisotopic (exact) mass is 398 g/mol. The number of amides is 5. The Kier molecular flexibility index (Phi) is 5.25. The minimum absolute atomic E-state index is 0.0107. The molecule has 3 aliphatic heterocycles. The molecule has 8 heteroatoms. The van der Waals surface area contributed by atoms with Crippen molar-refractivity contribution in [1.29, 1.82) is 0 Å². The van der Waals surface area contributed by atoms with Gasteiger partial charge >= 0.3 is 6.03 Å². The fourth-order valence-corrected chi connectivity index (χ4v) is 4.60. The Bertz CT molecular complexity index is 817. The molecule has 0 bridgehead atoms. The highest BCUT2D eigenvalue weighted by Crippen LogP contribution is 2.40. The van der Waals surface area contributed by atoms with E-state index in [0.717, 1.165) is 31.4 Å². The van der Waals surface area contributed by atoms with Crippen LogP contribution in [0.1, 0.15) is 37.7 Å². The summed E-state index contributed by atoms with van der Waals surface area (Å²) in [5.41, 5.74) is 1.18. The van der Waals surface area contributed by atoms with Crippen molar-refractivity contribution >= 4 is 23.8 Å². The van der Waals surface area contributed by atoms with Gasteiger partial charge in [-0.2, -0.15) is 0 Å². The summed E-state index contributed by atoms with van der Waals surface area (Å²) in [7, 11) is 0. The molecule has 0 aromatic heterocycles.